The molecule has 2 aromatic heterocycles. The second-order valence-corrected chi connectivity index (χ2v) is 6.80. The van der Waals surface area contributed by atoms with E-state index in [-0.39, 0.29) is 29.8 Å². The Hall–Kier alpha value is -3.09. The van der Waals surface area contributed by atoms with Gasteiger partial charge in [-0.15, -0.1) is 0 Å². The van der Waals surface area contributed by atoms with Gasteiger partial charge in [0.25, 0.3) is 5.56 Å². The van der Waals surface area contributed by atoms with Gasteiger partial charge >= 0.3 is 0 Å². The number of fused-ring (bicyclic) bond motifs is 2. The van der Waals surface area contributed by atoms with Crippen LogP contribution < -0.4 is 15.6 Å². The minimum Gasteiger partial charge on any atom is -0.497 e. The van der Waals surface area contributed by atoms with E-state index in [1.807, 2.05) is 32.0 Å². The number of nitrogens with one attached hydrogen (secondary N) is 2. The average Bonchev–Trinajstić information content (AvgIpc) is 3.04. The fraction of sp³-hybridized carbons (Fsp3) is 0.316. The van der Waals surface area contributed by atoms with Crippen LogP contribution in [0.5, 0.6) is 5.75 Å². The van der Waals surface area contributed by atoms with E-state index in [1.54, 1.807) is 24.1 Å². The smallest absolute Gasteiger partial charge is 0.252 e. The summed E-state index contributed by atoms with van der Waals surface area (Å²) in [6, 6.07) is 7.44. The van der Waals surface area contributed by atoms with Crippen molar-refractivity contribution in [2.24, 2.45) is 0 Å². The Balaban J connectivity index is 1.89. The highest BCUT2D eigenvalue weighted by atomic mass is 16.5. The first-order chi connectivity index (χ1) is 12.5. The van der Waals surface area contributed by atoms with Crippen molar-refractivity contribution in [2.45, 2.75) is 32.2 Å². The second kappa shape index (κ2) is 6.01. The van der Waals surface area contributed by atoms with E-state index < -0.39 is 0 Å². The van der Waals surface area contributed by atoms with Crippen LogP contribution >= 0.6 is 0 Å². The maximum Gasteiger partial charge on any atom is 0.252 e. The number of ether oxygens (including phenoxy) is 1. The molecule has 0 aliphatic carbocycles. The van der Waals surface area contributed by atoms with Crippen molar-refractivity contribution in [1.29, 1.82) is 0 Å². The van der Waals surface area contributed by atoms with Gasteiger partial charge in [0, 0.05) is 40.4 Å². The number of anilines is 1. The quantitative estimate of drug-likeness (QED) is 0.758. The molecule has 1 atom stereocenters. The standard InChI is InChI=1S/C19H20N4O3/c1-10(2)23-18-15(9-20-23)13(8-17(24)22-18)14-7-11-6-12(26-3)4-5-16(11)21-19(14)25/h4-7,9-10,13H,8H2,1-3H3,(H,21,25)(H,22,24). The topological polar surface area (TPSA) is 89.0 Å². The molecule has 7 nitrogen and oxygen atoms in total. The summed E-state index contributed by atoms with van der Waals surface area (Å²) in [5.41, 5.74) is 1.97. The molecule has 1 aromatic carbocycles. The number of benzene rings is 1. The Morgan fingerprint density at radius 1 is 1.23 bits per heavy atom. The average molecular weight is 352 g/mol. The molecule has 7 heteroatoms. The number of nitrogens with zero attached hydrogens (tertiary/aromatic N) is 2. The lowest BCUT2D eigenvalue weighted by atomic mass is 9.87. The number of rotatable bonds is 3. The summed E-state index contributed by atoms with van der Waals surface area (Å²) in [5.74, 6) is 0.942. The molecule has 1 aliphatic rings. The maximum absolute atomic E-state index is 12.7. The van der Waals surface area contributed by atoms with E-state index in [2.05, 4.69) is 15.4 Å². The second-order valence-electron chi connectivity index (χ2n) is 6.80. The van der Waals surface area contributed by atoms with Crippen LogP contribution in [-0.2, 0) is 4.79 Å². The zero-order chi connectivity index (χ0) is 18.4. The van der Waals surface area contributed by atoms with Crippen LogP contribution in [0.1, 0.15) is 43.4 Å². The zero-order valence-electron chi connectivity index (χ0n) is 14.9. The first-order valence-corrected chi connectivity index (χ1v) is 8.56. The molecular weight excluding hydrogens is 332 g/mol. The first kappa shape index (κ1) is 16.4. The van der Waals surface area contributed by atoms with Crippen molar-refractivity contribution < 1.29 is 9.53 Å². The molecule has 0 saturated heterocycles. The Morgan fingerprint density at radius 3 is 2.77 bits per heavy atom. The normalized spacial score (nSPS) is 16.6. The third-order valence-electron chi connectivity index (χ3n) is 4.79. The number of H-pyrrole nitrogens is 1. The predicted molar refractivity (Wildman–Crippen MR) is 98.8 cm³/mol. The fourth-order valence-corrected chi connectivity index (χ4v) is 3.49. The van der Waals surface area contributed by atoms with E-state index in [4.69, 9.17) is 4.74 Å². The third kappa shape index (κ3) is 2.56. The summed E-state index contributed by atoms with van der Waals surface area (Å²) in [6.45, 7) is 4.00. The Labute approximate surface area is 150 Å². The third-order valence-corrected chi connectivity index (χ3v) is 4.79. The van der Waals surface area contributed by atoms with E-state index in [9.17, 15) is 9.59 Å². The van der Waals surface area contributed by atoms with Crippen LogP contribution in [0, 0.1) is 0 Å². The molecular formula is C19H20N4O3. The molecule has 4 rings (SSSR count). The van der Waals surface area contributed by atoms with Crippen molar-refractivity contribution in [1.82, 2.24) is 14.8 Å². The van der Waals surface area contributed by atoms with Gasteiger partial charge in [0.2, 0.25) is 5.91 Å². The van der Waals surface area contributed by atoms with Crippen LogP contribution in [0.4, 0.5) is 5.82 Å². The molecule has 0 radical (unpaired) electrons. The molecule has 1 amide bonds. The molecule has 0 fully saturated rings. The summed E-state index contributed by atoms with van der Waals surface area (Å²) in [4.78, 5) is 27.9. The van der Waals surface area contributed by atoms with E-state index >= 15 is 0 Å². The first-order valence-electron chi connectivity index (χ1n) is 8.56. The molecule has 0 bridgehead atoms. The monoisotopic (exact) mass is 352 g/mol. The molecule has 26 heavy (non-hydrogen) atoms. The highest BCUT2D eigenvalue weighted by Gasteiger charge is 2.32. The largest absolute Gasteiger partial charge is 0.497 e. The van der Waals surface area contributed by atoms with Crippen LogP contribution in [0.2, 0.25) is 0 Å². The van der Waals surface area contributed by atoms with Crippen molar-refractivity contribution in [2.75, 3.05) is 12.4 Å². The lowest BCUT2D eigenvalue weighted by Gasteiger charge is -2.24. The maximum atomic E-state index is 12.7. The highest BCUT2D eigenvalue weighted by Crippen LogP contribution is 2.37. The summed E-state index contributed by atoms with van der Waals surface area (Å²) >= 11 is 0. The Kier molecular flexibility index (Phi) is 3.79. The Morgan fingerprint density at radius 2 is 2.04 bits per heavy atom. The van der Waals surface area contributed by atoms with Gasteiger partial charge in [-0.2, -0.15) is 5.10 Å². The summed E-state index contributed by atoms with van der Waals surface area (Å²) in [6.07, 6.45) is 1.96. The van der Waals surface area contributed by atoms with Crippen LogP contribution in [-0.4, -0.2) is 27.8 Å². The van der Waals surface area contributed by atoms with Crippen molar-refractivity contribution in [3.8, 4) is 5.75 Å². The molecule has 3 heterocycles. The molecule has 2 N–H and O–H groups in total. The molecule has 0 saturated carbocycles. The van der Waals surface area contributed by atoms with Crippen molar-refractivity contribution in [3.63, 3.8) is 0 Å². The summed E-state index contributed by atoms with van der Waals surface area (Å²) < 4.78 is 7.05. The SMILES string of the molecule is COc1ccc2[nH]c(=O)c(C3CC(=O)Nc4c3cnn4C(C)C)cc2c1. The lowest BCUT2D eigenvalue weighted by molar-refractivity contribution is -0.116. The molecule has 1 unspecified atom stereocenters. The van der Waals surface area contributed by atoms with Crippen LogP contribution in [0.15, 0.2) is 35.3 Å². The highest BCUT2D eigenvalue weighted by molar-refractivity contribution is 5.94. The molecule has 134 valence electrons. The van der Waals surface area contributed by atoms with Crippen molar-refractivity contribution in [3.05, 3.63) is 51.9 Å². The van der Waals surface area contributed by atoms with Gasteiger partial charge in [0.15, 0.2) is 0 Å². The number of aromatic amines is 1. The van der Waals surface area contributed by atoms with Gasteiger partial charge in [-0.1, -0.05) is 0 Å². The zero-order valence-corrected chi connectivity index (χ0v) is 14.9. The Bertz CT molecular complexity index is 1060. The predicted octanol–water partition coefficient (Wildman–Crippen LogP) is 2.79. The minimum atomic E-state index is -0.328. The number of methoxy groups -OCH3 is 1. The summed E-state index contributed by atoms with van der Waals surface area (Å²) in [5, 5.41) is 8.15. The molecule has 1 aliphatic heterocycles. The number of aromatic nitrogens is 3. The fourth-order valence-electron chi connectivity index (χ4n) is 3.49. The van der Waals surface area contributed by atoms with E-state index in [1.165, 1.54) is 0 Å². The van der Waals surface area contributed by atoms with Gasteiger partial charge in [0.05, 0.1) is 13.3 Å². The number of pyridine rings is 1. The number of amides is 1. The molecule has 0 spiro atoms. The van der Waals surface area contributed by atoms with Gasteiger partial charge in [0.1, 0.15) is 11.6 Å². The number of hydrogen-bond acceptors (Lipinski definition) is 4. The number of carbonyl (C=O) groups excluding carboxylic acids is 1. The van der Waals surface area contributed by atoms with Gasteiger partial charge in [-0.25, -0.2) is 4.68 Å². The van der Waals surface area contributed by atoms with Crippen LogP contribution in [0.25, 0.3) is 10.9 Å². The summed E-state index contributed by atoms with van der Waals surface area (Å²) in [7, 11) is 1.60. The molecule has 3 aromatic rings. The van der Waals surface area contributed by atoms with Crippen molar-refractivity contribution >= 4 is 22.6 Å². The number of hydrogen-bond donors (Lipinski definition) is 2. The van der Waals surface area contributed by atoms with Gasteiger partial charge in [-0.05, 0) is 38.1 Å². The lowest BCUT2D eigenvalue weighted by Crippen LogP contribution is -2.28. The number of carbonyl (C=O) groups is 1. The van der Waals surface area contributed by atoms with Crippen LogP contribution in [0.3, 0.4) is 0 Å². The van der Waals surface area contributed by atoms with E-state index in [0.29, 0.717) is 17.1 Å². The van der Waals surface area contributed by atoms with Gasteiger partial charge < -0.3 is 15.0 Å². The minimum absolute atomic E-state index is 0.108. The van der Waals surface area contributed by atoms with E-state index in [0.717, 1.165) is 16.5 Å². The van der Waals surface area contributed by atoms with Gasteiger partial charge in [-0.3, -0.25) is 9.59 Å².